The number of ether oxygens (including phenoxy) is 1. The number of nitrogens with zero attached hydrogens (tertiary/aromatic N) is 3. The molecular weight excluding hydrogens is 358 g/mol. The first-order valence-electron chi connectivity index (χ1n) is 9.44. The molecule has 1 saturated carbocycles. The van der Waals surface area contributed by atoms with Crippen LogP contribution in [0.2, 0.25) is 0 Å². The van der Waals surface area contributed by atoms with Gasteiger partial charge in [0.1, 0.15) is 17.0 Å². The zero-order chi connectivity index (χ0) is 19.8. The van der Waals surface area contributed by atoms with Crippen molar-refractivity contribution < 1.29 is 9.53 Å². The number of hydrogen-bond acceptors (Lipinski definition) is 5. The lowest BCUT2D eigenvalue weighted by Gasteiger charge is -2.19. The largest absolute Gasteiger partial charge is 0.496 e. The normalized spacial score (nSPS) is 15.1. The number of rotatable bonds is 4. The third kappa shape index (κ3) is 3.04. The molecule has 0 atom stereocenters. The SMILES string of the molecule is COc1cc(C(N)=O)ccc1-c1nc2c(c(C3CCCCC3)nn2C)c(=O)[nH]1. The average Bonchev–Trinajstić information content (AvgIpc) is 3.05. The van der Waals surface area contributed by atoms with Gasteiger partial charge in [-0.25, -0.2) is 9.67 Å². The van der Waals surface area contributed by atoms with Gasteiger partial charge < -0.3 is 15.5 Å². The van der Waals surface area contributed by atoms with E-state index in [1.807, 2.05) is 0 Å². The van der Waals surface area contributed by atoms with E-state index in [0.29, 0.717) is 39.7 Å². The van der Waals surface area contributed by atoms with Crippen LogP contribution in [0.15, 0.2) is 23.0 Å². The predicted molar refractivity (Wildman–Crippen MR) is 105 cm³/mol. The molecule has 3 aromatic rings. The second-order valence-corrected chi connectivity index (χ2v) is 7.24. The number of methoxy groups -OCH3 is 1. The van der Waals surface area contributed by atoms with Crippen molar-refractivity contribution in [1.82, 2.24) is 19.7 Å². The molecule has 0 spiro atoms. The minimum atomic E-state index is -0.550. The highest BCUT2D eigenvalue weighted by molar-refractivity contribution is 5.94. The third-order valence-electron chi connectivity index (χ3n) is 5.45. The van der Waals surface area contributed by atoms with Crippen LogP contribution in [0.4, 0.5) is 0 Å². The Hall–Kier alpha value is -3.16. The second kappa shape index (κ2) is 7.10. The zero-order valence-electron chi connectivity index (χ0n) is 16.0. The van der Waals surface area contributed by atoms with E-state index in [9.17, 15) is 9.59 Å². The van der Waals surface area contributed by atoms with Crippen LogP contribution in [0, 0.1) is 0 Å². The van der Waals surface area contributed by atoms with Gasteiger partial charge in [-0.15, -0.1) is 0 Å². The first kappa shape index (κ1) is 18.2. The van der Waals surface area contributed by atoms with Crippen LogP contribution in [-0.4, -0.2) is 32.8 Å². The van der Waals surface area contributed by atoms with E-state index >= 15 is 0 Å². The summed E-state index contributed by atoms with van der Waals surface area (Å²) >= 11 is 0. The molecule has 1 aromatic carbocycles. The van der Waals surface area contributed by atoms with Gasteiger partial charge in [0.2, 0.25) is 5.91 Å². The van der Waals surface area contributed by atoms with Gasteiger partial charge in [-0.1, -0.05) is 19.3 Å². The number of H-pyrrole nitrogens is 1. The van der Waals surface area contributed by atoms with Crippen molar-refractivity contribution in [2.24, 2.45) is 12.8 Å². The lowest BCUT2D eigenvalue weighted by molar-refractivity contribution is 0.1000. The van der Waals surface area contributed by atoms with E-state index < -0.39 is 5.91 Å². The second-order valence-electron chi connectivity index (χ2n) is 7.24. The maximum atomic E-state index is 13.0. The first-order chi connectivity index (χ1) is 13.5. The summed E-state index contributed by atoms with van der Waals surface area (Å²) in [5.41, 5.74) is 7.41. The van der Waals surface area contributed by atoms with Crippen LogP contribution in [0.25, 0.3) is 22.4 Å². The molecule has 1 aliphatic rings. The van der Waals surface area contributed by atoms with Crippen molar-refractivity contribution in [2.45, 2.75) is 38.0 Å². The van der Waals surface area contributed by atoms with Crippen LogP contribution in [-0.2, 0) is 7.05 Å². The van der Waals surface area contributed by atoms with Gasteiger partial charge in [0.05, 0.1) is 18.4 Å². The Morgan fingerprint density at radius 2 is 2.04 bits per heavy atom. The van der Waals surface area contributed by atoms with Crippen LogP contribution >= 0.6 is 0 Å². The van der Waals surface area contributed by atoms with E-state index in [0.717, 1.165) is 31.4 Å². The summed E-state index contributed by atoms with van der Waals surface area (Å²) in [5.74, 6) is 0.526. The third-order valence-corrected chi connectivity index (χ3v) is 5.45. The van der Waals surface area contributed by atoms with Crippen LogP contribution in [0.5, 0.6) is 5.75 Å². The quantitative estimate of drug-likeness (QED) is 0.720. The summed E-state index contributed by atoms with van der Waals surface area (Å²) in [5, 5.41) is 5.19. The Kier molecular flexibility index (Phi) is 4.62. The molecule has 8 nitrogen and oxygen atoms in total. The molecule has 2 heterocycles. The van der Waals surface area contributed by atoms with Crippen molar-refractivity contribution in [3.8, 4) is 17.1 Å². The Morgan fingerprint density at radius 1 is 1.29 bits per heavy atom. The highest BCUT2D eigenvalue weighted by atomic mass is 16.5. The number of carbonyl (C=O) groups is 1. The number of hydrogen-bond donors (Lipinski definition) is 2. The van der Waals surface area contributed by atoms with E-state index in [1.165, 1.54) is 13.5 Å². The fourth-order valence-electron chi connectivity index (χ4n) is 4.01. The molecule has 0 unspecified atom stereocenters. The number of amides is 1. The molecule has 146 valence electrons. The molecule has 0 saturated heterocycles. The fourth-order valence-corrected chi connectivity index (χ4v) is 4.01. The Bertz CT molecular complexity index is 1110. The standard InChI is InChI=1S/C20H23N5O3/c1-25-19-15(16(24-25)11-6-4-3-5-7-11)20(27)23-18(22-19)13-9-8-12(17(21)26)10-14(13)28-2/h8-11H,3-7H2,1-2H3,(H2,21,26)(H,22,23,27). The summed E-state index contributed by atoms with van der Waals surface area (Å²) in [4.78, 5) is 31.9. The number of carbonyl (C=O) groups excluding carboxylic acids is 1. The number of aromatic amines is 1. The zero-order valence-corrected chi connectivity index (χ0v) is 16.0. The van der Waals surface area contributed by atoms with E-state index in [2.05, 4.69) is 15.1 Å². The molecule has 8 heteroatoms. The minimum absolute atomic E-state index is 0.213. The number of nitrogens with two attached hydrogens (primary N) is 1. The van der Waals surface area contributed by atoms with Gasteiger partial charge in [0.15, 0.2) is 5.65 Å². The predicted octanol–water partition coefficient (Wildman–Crippen LogP) is 2.48. The Balaban J connectivity index is 1.86. The average molecular weight is 381 g/mol. The van der Waals surface area contributed by atoms with E-state index in [-0.39, 0.29) is 5.56 Å². The smallest absolute Gasteiger partial charge is 0.262 e. The number of fused-ring (bicyclic) bond motifs is 1. The molecule has 0 bridgehead atoms. The molecular formula is C20H23N5O3. The molecule has 1 fully saturated rings. The van der Waals surface area contributed by atoms with Gasteiger partial charge in [-0.3, -0.25) is 9.59 Å². The number of primary amides is 1. The maximum Gasteiger partial charge on any atom is 0.262 e. The summed E-state index contributed by atoms with van der Waals surface area (Å²) in [6.07, 6.45) is 5.66. The Morgan fingerprint density at radius 3 is 2.71 bits per heavy atom. The first-order valence-corrected chi connectivity index (χ1v) is 9.44. The molecule has 28 heavy (non-hydrogen) atoms. The molecule has 0 aliphatic heterocycles. The minimum Gasteiger partial charge on any atom is -0.496 e. The van der Waals surface area contributed by atoms with Gasteiger partial charge >= 0.3 is 0 Å². The van der Waals surface area contributed by atoms with Gasteiger partial charge in [-0.05, 0) is 31.0 Å². The highest BCUT2D eigenvalue weighted by Gasteiger charge is 2.25. The van der Waals surface area contributed by atoms with Gasteiger partial charge in [-0.2, -0.15) is 5.10 Å². The van der Waals surface area contributed by atoms with Crippen LogP contribution < -0.4 is 16.0 Å². The van der Waals surface area contributed by atoms with Crippen LogP contribution in [0.3, 0.4) is 0 Å². The van der Waals surface area contributed by atoms with Gasteiger partial charge in [0, 0.05) is 18.5 Å². The highest BCUT2D eigenvalue weighted by Crippen LogP contribution is 2.35. The molecule has 2 aromatic heterocycles. The van der Waals surface area contributed by atoms with Crippen LogP contribution in [0.1, 0.15) is 54.1 Å². The molecule has 4 rings (SSSR count). The summed E-state index contributed by atoms with van der Waals surface area (Å²) < 4.78 is 7.05. The van der Waals surface area contributed by atoms with Crippen molar-refractivity contribution in [3.63, 3.8) is 0 Å². The monoisotopic (exact) mass is 381 g/mol. The summed E-state index contributed by atoms with van der Waals surface area (Å²) in [7, 11) is 3.30. The van der Waals surface area contributed by atoms with Crippen molar-refractivity contribution in [3.05, 3.63) is 39.8 Å². The fraction of sp³-hybridized carbons (Fsp3) is 0.400. The topological polar surface area (TPSA) is 116 Å². The number of nitrogens with one attached hydrogen (secondary N) is 1. The maximum absolute atomic E-state index is 13.0. The lowest BCUT2D eigenvalue weighted by atomic mass is 9.86. The summed E-state index contributed by atoms with van der Waals surface area (Å²) in [6.45, 7) is 0. The van der Waals surface area contributed by atoms with Crippen molar-refractivity contribution in [2.75, 3.05) is 7.11 Å². The lowest BCUT2D eigenvalue weighted by Crippen LogP contribution is -2.14. The molecule has 1 amide bonds. The van der Waals surface area contributed by atoms with E-state index in [4.69, 9.17) is 10.5 Å². The molecule has 1 aliphatic carbocycles. The molecule has 0 radical (unpaired) electrons. The van der Waals surface area contributed by atoms with E-state index in [1.54, 1.807) is 29.9 Å². The van der Waals surface area contributed by atoms with Crippen molar-refractivity contribution >= 4 is 16.9 Å². The Labute approximate surface area is 161 Å². The number of aryl methyl sites for hydroxylation is 1. The molecule has 3 N–H and O–H groups in total. The van der Waals surface area contributed by atoms with Gasteiger partial charge in [0.25, 0.3) is 5.56 Å². The number of aromatic nitrogens is 4. The van der Waals surface area contributed by atoms with Crippen molar-refractivity contribution in [1.29, 1.82) is 0 Å². The number of benzene rings is 1. The summed E-state index contributed by atoms with van der Waals surface area (Å²) in [6, 6.07) is 4.79.